The van der Waals surface area contributed by atoms with E-state index in [0.29, 0.717) is 10.7 Å². The lowest BCUT2D eigenvalue weighted by Crippen LogP contribution is -2.14. The minimum atomic E-state index is -0.231. The van der Waals surface area contributed by atoms with Crippen LogP contribution in [0.2, 0.25) is 5.02 Å². The fraction of sp³-hybridized carbons (Fsp3) is 0.294. The molecule has 0 radical (unpaired) electrons. The molecule has 2 rings (SSSR count). The van der Waals surface area contributed by atoms with Crippen LogP contribution in [0.3, 0.4) is 0 Å². The number of aryl methyl sites for hydroxylation is 1. The molecule has 0 saturated heterocycles. The summed E-state index contributed by atoms with van der Waals surface area (Å²) in [6.45, 7) is 4.95. The van der Waals surface area contributed by atoms with Gasteiger partial charge >= 0.3 is 0 Å². The molecule has 0 aliphatic rings. The highest BCUT2D eigenvalue weighted by atomic mass is 35.5. The van der Waals surface area contributed by atoms with Gasteiger partial charge in [0, 0.05) is 17.3 Å². The molecule has 1 heterocycles. The van der Waals surface area contributed by atoms with Crippen molar-refractivity contribution >= 4 is 28.9 Å². The van der Waals surface area contributed by atoms with Crippen LogP contribution in [-0.2, 0) is 0 Å². The number of carbonyl (C=O) groups excluding carboxylic acids is 1. The molecule has 0 saturated carbocycles. The number of nitrogens with zero attached hydrogens (tertiary/aromatic N) is 1. The average Bonchev–Trinajstić information content (AvgIpc) is 2.51. The Labute approximate surface area is 135 Å². The van der Waals surface area contributed by atoms with Crippen molar-refractivity contribution in [2.75, 3.05) is 17.2 Å². The highest BCUT2D eigenvalue weighted by Crippen LogP contribution is 2.20. The fourth-order valence-electron chi connectivity index (χ4n) is 2.00. The first kappa shape index (κ1) is 16.3. The Bertz CT molecular complexity index is 641. The van der Waals surface area contributed by atoms with Crippen molar-refractivity contribution in [1.82, 2.24) is 4.98 Å². The summed E-state index contributed by atoms with van der Waals surface area (Å²) in [5, 5.41) is 6.76. The van der Waals surface area contributed by atoms with Crippen molar-refractivity contribution in [2.45, 2.75) is 26.7 Å². The lowest BCUT2D eigenvalue weighted by molar-refractivity contribution is 0.102. The number of benzene rings is 1. The van der Waals surface area contributed by atoms with Crippen molar-refractivity contribution < 1.29 is 4.79 Å². The molecule has 2 aromatic rings. The smallest absolute Gasteiger partial charge is 0.274 e. The van der Waals surface area contributed by atoms with Gasteiger partial charge in [-0.25, -0.2) is 4.98 Å². The number of unbranched alkanes of at least 4 members (excludes halogenated alkanes) is 1. The SMILES string of the molecule is CCCCNc1ccc(C(=O)Nc2ccc(Cl)cc2C)nc1. The summed E-state index contributed by atoms with van der Waals surface area (Å²) in [6, 6.07) is 8.93. The standard InChI is InChI=1S/C17H20ClN3O/c1-3-4-9-19-14-6-8-16(20-11-14)17(22)21-15-7-5-13(18)10-12(15)2/h5-8,10-11,19H,3-4,9H2,1-2H3,(H,21,22). The monoisotopic (exact) mass is 317 g/mol. The molecule has 5 heteroatoms. The van der Waals surface area contributed by atoms with Gasteiger partial charge in [-0.15, -0.1) is 0 Å². The second kappa shape index (κ2) is 7.80. The van der Waals surface area contributed by atoms with Crippen LogP contribution in [0.4, 0.5) is 11.4 Å². The van der Waals surface area contributed by atoms with Gasteiger partial charge < -0.3 is 10.6 Å². The third-order valence-electron chi connectivity index (χ3n) is 3.29. The molecule has 0 unspecified atom stereocenters. The molecule has 2 N–H and O–H groups in total. The molecule has 0 aliphatic heterocycles. The Morgan fingerprint density at radius 1 is 1.27 bits per heavy atom. The van der Waals surface area contributed by atoms with Crippen LogP contribution in [0.15, 0.2) is 36.5 Å². The summed E-state index contributed by atoms with van der Waals surface area (Å²) in [7, 11) is 0. The van der Waals surface area contributed by atoms with Gasteiger partial charge in [0.15, 0.2) is 0 Å². The summed E-state index contributed by atoms with van der Waals surface area (Å²) in [5.41, 5.74) is 2.96. The van der Waals surface area contributed by atoms with Crippen LogP contribution < -0.4 is 10.6 Å². The van der Waals surface area contributed by atoms with Crippen LogP contribution in [0, 0.1) is 6.92 Å². The van der Waals surface area contributed by atoms with Crippen LogP contribution in [-0.4, -0.2) is 17.4 Å². The highest BCUT2D eigenvalue weighted by Gasteiger charge is 2.09. The Balaban J connectivity index is 2.00. The van der Waals surface area contributed by atoms with Crippen LogP contribution in [0.1, 0.15) is 35.8 Å². The largest absolute Gasteiger partial charge is 0.384 e. The molecular weight excluding hydrogens is 298 g/mol. The lowest BCUT2D eigenvalue weighted by Gasteiger charge is -2.09. The predicted octanol–water partition coefficient (Wildman–Crippen LogP) is 4.51. The second-order valence-corrected chi connectivity index (χ2v) is 5.56. The molecule has 22 heavy (non-hydrogen) atoms. The molecule has 4 nitrogen and oxygen atoms in total. The number of carbonyl (C=O) groups is 1. The number of nitrogens with one attached hydrogen (secondary N) is 2. The molecule has 1 aromatic carbocycles. The van der Waals surface area contributed by atoms with Gasteiger partial charge in [-0.1, -0.05) is 24.9 Å². The fourth-order valence-corrected chi connectivity index (χ4v) is 2.22. The van der Waals surface area contributed by atoms with Crippen LogP contribution >= 0.6 is 11.6 Å². The zero-order chi connectivity index (χ0) is 15.9. The maximum absolute atomic E-state index is 12.2. The van der Waals surface area contributed by atoms with E-state index in [1.165, 1.54) is 0 Å². The van der Waals surface area contributed by atoms with E-state index in [1.54, 1.807) is 24.4 Å². The highest BCUT2D eigenvalue weighted by molar-refractivity contribution is 6.30. The van der Waals surface area contributed by atoms with Crippen LogP contribution in [0.5, 0.6) is 0 Å². The summed E-state index contributed by atoms with van der Waals surface area (Å²) < 4.78 is 0. The number of halogens is 1. The van der Waals surface area contributed by atoms with Crippen molar-refractivity contribution in [3.8, 4) is 0 Å². The Morgan fingerprint density at radius 2 is 2.09 bits per heavy atom. The van der Waals surface area contributed by atoms with Gasteiger partial charge in [0.1, 0.15) is 5.69 Å². The van der Waals surface area contributed by atoms with Gasteiger partial charge in [0.25, 0.3) is 5.91 Å². The zero-order valence-electron chi connectivity index (χ0n) is 12.8. The van der Waals surface area contributed by atoms with E-state index in [1.807, 2.05) is 19.1 Å². The topological polar surface area (TPSA) is 54.0 Å². The molecule has 116 valence electrons. The van der Waals surface area contributed by atoms with Crippen molar-refractivity contribution in [1.29, 1.82) is 0 Å². The molecule has 0 bridgehead atoms. The Hall–Kier alpha value is -2.07. The zero-order valence-corrected chi connectivity index (χ0v) is 13.6. The third-order valence-corrected chi connectivity index (χ3v) is 3.53. The summed E-state index contributed by atoms with van der Waals surface area (Å²) in [4.78, 5) is 16.4. The minimum Gasteiger partial charge on any atom is -0.384 e. The number of hydrogen-bond acceptors (Lipinski definition) is 3. The first-order chi connectivity index (χ1) is 10.6. The average molecular weight is 318 g/mol. The van der Waals surface area contributed by atoms with E-state index in [9.17, 15) is 4.79 Å². The minimum absolute atomic E-state index is 0.231. The number of pyridine rings is 1. The summed E-state index contributed by atoms with van der Waals surface area (Å²) in [6.07, 6.45) is 3.93. The Kier molecular flexibility index (Phi) is 5.78. The maximum atomic E-state index is 12.2. The maximum Gasteiger partial charge on any atom is 0.274 e. The molecule has 0 fully saturated rings. The molecule has 1 amide bonds. The van der Waals surface area contributed by atoms with Crippen LogP contribution in [0.25, 0.3) is 0 Å². The van der Waals surface area contributed by atoms with E-state index in [-0.39, 0.29) is 5.91 Å². The van der Waals surface area contributed by atoms with Gasteiger partial charge in [-0.3, -0.25) is 4.79 Å². The summed E-state index contributed by atoms with van der Waals surface area (Å²) >= 11 is 5.91. The first-order valence-corrected chi connectivity index (χ1v) is 7.75. The number of rotatable bonds is 6. The molecular formula is C17H20ClN3O. The van der Waals surface area contributed by atoms with Gasteiger partial charge in [-0.2, -0.15) is 0 Å². The predicted molar refractivity (Wildman–Crippen MR) is 91.8 cm³/mol. The van der Waals surface area contributed by atoms with Gasteiger partial charge in [0.05, 0.1) is 11.9 Å². The molecule has 0 spiro atoms. The van der Waals surface area contributed by atoms with E-state index in [4.69, 9.17) is 11.6 Å². The van der Waals surface area contributed by atoms with E-state index in [0.717, 1.165) is 36.3 Å². The van der Waals surface area contributed by atoms with E-state index >= 15 is 0 Å². The van der Waals surface area contributed by atoms with Gasteiger partial charge in [-0.05, 0) is 49.2 Å². The molecule has 1 aromatic heterocycles. The normalized spacial score (nSPS) is 10.3. The molecule has 0 atom stereocenters. The summed E-state index contributed by atoms with van der Waals surface area (Å²) in [5.74, 6) is -0.231. The van der Waals surface area contributed by atoms with E-state index in [2.05, 4.69) is 22.5 Å². The Morgan fingerprint density at radius 3 is 2.73 bits per heavy atom. The number of amides is 1. The van der Waals surface area contributed by atoms with Gasteiger partial charge in [0.2, 0.25) is 0 Å². The number of hydrogen-bond donors (Lipinski definition) is 2. The first-order valence-electron chi connectivity index (χ1n) is 7.37. The van der Waals surface area contributed by atoms with E-state index < -0.39 is 0 Å². The van der Waals surface area contributed by atoms with Crippen molar-refractivity contribution in [3.05, 3.63) is 52.8 Å². The van der Waals surface area contributed by atoms with Crippen molar-refractivity contribution in [2.24, 2.45) is 0 Å². The second-order valence-electron chi connectivity index (χ2n) is 5.13. The third kappa shape index (κ3) is 4.46. The number of anilines is 2. The number of aromatic nitrogens is 1. The lowest BCUT2D eigenvalue weighted by atomic mass is 10.2. The molecule has 0 aliphatic carbocycles. The quantitative estimate of drug-likeness (QED) is 0.771. The van der Waals surface area contributed by atoms with Crippen molar-refractivity contribution in [3.63, 3.8) is 0 Å².